The van der Waals surface area contributed by atoms with Gasteiger partial charge in [-0.1, -0.05) is 0 Å². The lowest BCUT2D eigenvalue weighted by Gasteiger charge is -2.14. The molecule has 2 rings (SSSR count). The van der Waals surface area contributed by atoms with Gasteiger partial charge in [0, 0.05) is 37.5 Å². The minimum Gasteiger partial charge on any atom is -0.377 e. The van der Waals surface area contributed by atoms with E-state index in [4.69, 9.17) is 0 Å². The second kappa shape index (κ2) is 5.25. The number of non-ortho nitro benzene ring substituents is 1. The van der Waals surface area contributed by atoms with Crippen molar-refractivity contribution in [2.75, 3.05) is 19.0 Å². The molecule has 0 saturated heterocycles. The largest absolute Gasteiger partial charge is 0.377 e. The van der Waals surface area contributed by atoms with Gasteiger partial charge in [-0.15, -0.1) is 10.2 Å². The number of hydrogen-bond acceptors (Lipinski definition) is 6. The summed E-state index contributed by atoms with van der Waals surface area (Å²) in [5.41, 5.74) is 1.51. The van der Waals surface area contributed by atoms with Crippen LogP contribution in [0.15, 0.2) is 36.0 Å². The van der Waals surface area contributed by atoms with Crippen LogP contribution in [0.5, 0.6) is 0 Å². The van der Waals surface area contributed by atoms with Crippen molar-refractivity contribution in [2.24, 2.45) is 5.10 Å². The van der Waals surface area contributed by atoms with Crippen molar-refractivity contribution in [2.45, 2.75) is 0 Å². The predicted molar refractivity (Wildman–Crippen MR) is 70.4 cm³/mol. The maximum Gasteiger partial charge on any atom is 0.270 e. The van der Waals surface area contributed by atoms with E-state index in [0.717, 1.165) is 5.69 Å². The highest BCUT2D eigenvalue weighted by Crippen LogP contribution is 2.22. The lowest BCUT2D eigenvalue weighted by atomic mass is 10.1. The number of nitro benzene ring substituents is 1. The van der Waals surface area contributed by atoms with E-state index in [2.05, 4.69) is 15.3 Å². The number of aromatic nitrogens is 3. The molecule has 0 atom stereocenters. The van der Waals surface area contributed by atoms with E-state index in [1.165, 1.54) is 35.7 Å². The maximum atomic E-state index is 10.8. The fourth-order valence-corrected chi connectivity index (χ4v) is 1.55. The standard InChI is InChI=1S/C11H12N6O2/c1-15(2)11-4-3-10(17(18)19)5-9(11)6-14-16-7-12-13-8-16/h3-8H,1-2H3. The lowest BCUT2D eigenvalue weighted by Crippen LogP contribution is -2.11. The van der Waals surface area contributed by atoms with Crippen LogP contribution < -0.4 is 4.90 Å². The van der Waals surface area contributed by atoms with E-state index in [1.807, 2.05) is 19.0 Å². The molecule has 0 radical (unpaired) electrons. The van der Waals surface area contributed by atoms with Gasteiger partial charge in [-0.05, 0) is 6.07 Å². The van der Waals surface area contributed by atoms with Crippen LogP contribution >= 0.6 is 0 Å². The Labute approximate surface area is 109 Å². The molecule has 1 aromatic heterocycles. The van der Waals surface area contributed by atoms with E-state index in [9.17, 15) is 10.1 Å². The van der Waals surface area contributed by atoms with Crippen LogP contribution in [0, 0.1) is 10.1 Å². The molecule has 0 saturated carbocycles. The fourth-order valence-electron chi connectivity index (χ4n) is 1.55. The molecule has 1 heterocycles. The van der Waals surface area contributed by atoms with Gasteiger partial charge in [0.2, 0.25) is 0 Å². The van der Waals surface area contributed by atoms with Gasteiger partial charge in [0.25, 0.3) is 5.69 Å². The van der Waals surface area contributed by atoms with Gasteiger partial charge in [0.15, 0.2) is 0 Å². The summed E-state index contributed by atoms with van der Waals surface area (Å²) < 4.78 is 1.41. The third-order valence-corrected chi connectivity index (χ3v) is 2.44. The van der Waals surface area contributed by atoms with Crippen LogP contribution in [0.4, 0.5) is 11.4 Å². The Morgan fingerprint density at radius 2 is 2.05 bits per heavy atom. The second-order valence-electron chi connectivity index (χ2n) is 3.98. The van der Waals surface area contributed by atoms with Crippen LogP contribution in [0.1, 0.15) is 5.56 Å². The van der Waals surface area contributed by atoms with Gasteiger partial charge in [-0.3, -0.25) is 10.1 Å². The quantitative estimate of drug-likeness (QED) is 0.467. The Morgan fingerprint density at radius 1 is 1.37 bits per heavy atom. The van der Waals surface area contributed by atoms with Gasteiger partial charge >= 0.3 is 0 Å². The van der Waals surface area contributed by atoms with Crippen molar-refractivity contribution in [1.82, 2.24) is 14.9 Å². The molecule has 2 aromatic rings. The minimum atomic E-state index is -0.435. The zero-order chi connectivity index (χ0) is 13.8. The molecule has 0 aliphatic heterocycles. The second-order valence-corrected chi connectivity index (χ2v) is 3.98. The van der Waals surface area contributed by atoms with Crippen molar-refractivity contribution in [3.63, 3.8) is 0 Å². The molecule has 0 spiro atoms. The van der Waals surface area contributed by atoms with Crippen molar-refractivity contribution < 1.29 is 4.92 Å². The summed E-state index contributed by atoms with van der Waals surface area (Å²) >= 11 is 0. The van der Waals surface area contributed by atoms with Crippen molar-refractivity contribution in [3.05, 3.63) is 46.5 Å². The molecule has 98 valence electrons. The normalized spacial score (nSPS) is 10.8. The minimum absolute atomic E-state index is 0.0239. The SMILES string of the molecule is CN(C)c1ccc([N+](=O)[O-])cc1C=Nn1cnnc1. The topological polar surface area (TPSA) is 89.5 Å². The number of benzene rings is 1. The van der Waals surface area contributed by atoms with E-state index in [1.54, 1.807) is 6.07 Å². The van der Waals surface area contributed by atoms with Crippen molar-refractivity contribution in [3.8, 4) is 0 Å². The summed E-state index contributed by atoms with van der Waals surface area (Å²) in [6.45, 7) is 0. The first-order chi connectivity index (χ1) is 9.08. The molecule has 19 heavy (non-hydrogen) atoms. The highest BCUT2D eigenvalue weighted by atomic mass is 16.6. The number of anilines is 1. The predicted octanol–water partition coefficient (Wildman–Crippen LogP) is 1.13. The molecule has 8 heteroatoms. The summed E-state index contributed by atoms with van der Waals surface area (Å²) in [5, 5.41) is 22.1. The zero-order valence-electron chi connectivity index (χ0n) is 10.5. The van der Waals surface area contributed by atoms with Gasteiger partial charge in [-0.2, -0.15) is 5.10 Å². The summed E-state index contributed by atoms with van der Waals surface area (Å²) in [6, 6.07) is 4.63. The highest BCUT2D eigenvalue weighted by molar-refractivity contribution is 5.89. The number of nitrogens with zero attached hydrogens (tertiary/aromatic N) is 6. The number of rotatable bonds is 4. The van der Waals surface area contributed by atoms with Crippen LogP contribution in [0.2, 0.25) is 0 Å². The summed E-state index contributed by atoms with van der Waals surface area (Å²) in [7, 11) is 3.72. The fraction of sp³-hybridized carbons (Fsp3) is 0.182. The first-order valence-electron chi connectivity index (χ1n) is 5.42. The van der Waals surface area contributed by atoms with Crippen LogP contribution in [0.3, 0.4) is 0 Å². The van der Waals surface area contributed by atoms with Crippen LogP contribution in [0.25, 0.3) is 0 Å². The first-order valence-corrected chi connectivity index (χ1v) is 5.42. The van der Waals surface area contributed by atoms with E-state index < -0.39 is 4.92 Å². The Bertz CT molecular complexity index is 606. The zero-order valence-corrected chi connectivity index (χ0v) is 10.5. The average Bonchev–Trinajstić information content (AvgIpc) is 2.88. The third kappa shape index (κ3) is 2.92. The molecule has 0 fully saturated rings. The molecular formula is C11H12N6O2. The van der Waals surface area contributed by atoms with Gasteiger partial charge in [0.05, 0.1) is 11.1 Å². The van der Waals surface area contributed by atoms with Gasteiger partial charge < -0.3 is 4.90 Å². The molecule has 0 unspecified atom stereocenters. The molecule has 8 nitrogen and oxygen atoms in total. The summed E-state index contributed by atoms with van der Waals surface area (Å²) in [6.07, 6.45) is 4.40. The van der Waals surface area contributed by atoms with E-state index in [0.29, 0.717) is 5.56 Å². The van der Waals surface area contributed by atoms with Crippen LogP contribution in [-0.4, -0.2) is 40.1 Å². The third-order valence-electron chi connectivity index (χ3n) is 2.44. The highest BCUT2D eigenvalue weighted by Gasteiger charge is 2.10. The Hall–Kier alpha value is -2.77. The first kappa shape index (κ1) is 12.7. The monoisotopic (exact) mass is 260 g/mol. The average molecular weight is 260 g/mol. The van der Waals surface area contributed by atoms with Crippen molar-refractivity contribution >= 4 is 17.6 Å². The summed E-state index contributed by atoms with van der Waals surface area (Å²) in [4.78, 5) is 12.2. The summed E-state index contributed by atoms with van der Waals surface area (Å²) in [5.74, 6) is 0. The van der Waals surface area contributed by atoms with Crippen molar-refractivity contribution in [1.29, 1.82) is 0 Å². The lowest BCUT2D eigenvalue weighted by molar-refractivity contribution is -0.384. The molecule has 0 amide bonds. The van der Waals surface area contributed by atoms with E-state index in [-0.39, 0.29) is 5.69 Å². The molecule has 1 aromatic carbocycles. The Balaban J connectivity index is 2.40. The maximum absolute atomic E-state index is 10.8. The van der Waals surface area contributed by atoms with Gasteiger partial charge in [-0.25, -0.2) is 4.68 Å². The van der Waals surface area contributed by atoms with Crippen LogP contribution in [-0.2, 0) is 0 Å². The molecular weight excluding hydrogens is 248 g/mol. The molecule has 0 aliphatic carbocycles. The smallest absolute Gasteiger partial charge is 0.270 e. The number of hydrogen-bond donors (Lipinski definition) is 0. The van der Waals surface area contributed by atoms with Gasteiger partial charge in [0.1, 0.15) is 12.7 Å². The molecule has 0 aliphatic rings. The Morgan fingerprint density at radius 3 is 2.63 bits per heavy atom. The number of nitro groups is 1. The molecule has 0 N–H and O–H groups in total. The molecule has 0 bridgehead atoms. The Kier molecular flexibility index (Phi) is 3.51. The van der Waals surface area contributed by atoms with E-state index >= 15 is 0 Å².